The average molecular weight is 254 g/mol. The molecule has 90 valence electrons. The highest BCUT2D eigenvalue weighted by molar-refractivity contribution is 7.91. The van der Waals surface area contributed by atoms with E-state index in [1.807, 2.05) is 0 Å². The van der Waals surface area contributed by atoms with Gasteiger partial charge in [0.1, 0.15) is 11.3 Å². The van der Waals surface area contributed by atoms with Gasteiger partial charge in [0.15, 0.2) is 14.7 Å². The Bertz CT molecular complexity index is 727. The largest absolute Gasteiger partial charge is 0.508 e. The lowest BCUT2D eigenvalue weighted by atomic mass is 10.2. The van der Waals surface area contributed by atoms with Gasteiger partial charge in [0, 0.05) is 5.39 Å². The Morgan fingerprint density at radius 1 is 1.29 bits per heavy atom. The summed E-state index contributed by atoms with van der Waals surface area (Å²) in [6.45, 7) is 1.45. The van der Waals surface area contributed by atoms with E-state index in [1.165, 1.54) is 31.2 Å². The van der Waals surface area contributed by atoms with Gasteiger partial charge in [-0.05, 0) is 24.3 Å². The molecule has 0 saturated heterocycles. The lowest BCUT2D eigenvalue weighted by Gasteiger charge is -2.02. The molecule has 0 radical (unpaired) electrons. The van der Waals surface area contributed by atoms with Gasteiger partial charge >= 0.3 is 5.63 Å². The first kappa shape index (κ1) is 11.7. The molecule has 2 aromatic rings. The number of hydrogen-bond acceptors (Lipinski definition) is 5. The standard InChI is InChI=1S/C11H10O5S/c1-2-17(14,15)10-6-7-5-8(12)3-4-9(7)16-11(10)13/h3-6,12H,2H2,1H3. The summed E-state index contributed by atoms with van der Waals surface area (Å²) in [7, 11) is -3.62. The molecule has 0 unspecified atom stereocenters. The summed E-state index contributed by atoms with van der Waals surface area (Å²) in [4.78, 5) is 11.1. The molecule has 5 nitrogen and oxygen atoms in total. The van der Waals surface area contributed by atoms with Gasteiger partial charge in [0.2, 0.25) is 0 Å². The molecule has 17 heavy (non-hydrogen) atoms. The maximum Gasteiger partial charge on any atom is 0.355 e. The molecule has 0 atom stereocenters. The van der Waals surface area contributed by atoms with E-state index in [4.69, 9.17) is 4.42 Å². The van der Waals surface area contributed by atoms with Gasteiger partial charge in [0.05, 0.1) is 5.75 Å². The number of phenols is 1. The van der Waals surface area contributed by atoms with Crippen LogP contribution in [-0.2, 0) is 9.84 Å². The molecule has 0 aliphatic carbocycles. The molecule has 2 rings (SSSR count). The van der Waals surface area contributed by atoms with Crippen molar-refractivity contribution >= 4 is 20.8 Å². The van der Waals surface area contributed by atoms with Crippen LogP contribution in [0.1, 0.15) is 6.92 Å². The third-order valence-electron chi connectivity index (χ3n) is 2.40. The van der Waals surface area contributed by atoms with Crippen LogP contribution in [0.2, 0.25) is 0 Å². The molecular weight excluding hydrogens is 244 g/mol. The fourth-order valence-electron chi connectivity index (χ4n) is 1.46. The minimum Gasteiger partial charge on any atom is -0.508 e. The Kier molecular flexibility index (Phi) is 2.66. The van der Waals surface area contributed by atoms with Crippen molar-refractivity contribution in [2.45, 2.75) is 11.8 Å². The fraction of sp³-hybridized carbons (Fsp3) is 0.182. The molecule has 1 heterocycles. The SMILES string of the molecule is CCS(=O)(=O)c1cc2cc(O)ccc2oc1=O. The molecule has 0 aliphatic rings. The monoisotopic (exact) mass is 254 g/mol. The first-order valence-corrected chi connectivity index (χ1v) is 6.59. The summed E-state index contributed by atoms with van der Waals surface area (Å²) in [6.07, 6.45) is 0. The Morgan fingerprint density at radius 2 is 2.00 bits per heavy atom. The van der Waals surface area contributed by atoms with Crippen LogP contribution in [0.4, 0.5) is 0 Å². The van der Waals surface area contributed by atoms with Crippen LogP contribution in [-0.4, -0.2) is 19.3 Å². The van der Waals surface area contributed by atoms with Gasteiger partial charge in [-0.3, -0.25) is 0 Å². The van der Waals surface area contributed by atoms with Crippen molar-refractivity contribution in [3.63, 3.8) is 0 Å². The minimum atomic E-state index is -3.62. The second-order valence-corrected chi connectivity index (χ2v) is 5.77. The summed E-state index contributed by atoms with van der Waals surface area (Å²) in [5.74, 6) is -0.201. The summed E-state index contributed by atoms with van der Waals surface area (Å²) in [5, 5.41) is 9.65. The number of phenolic OH excluding ortho intramolecular Hbond substituents is 1. The third kappa shape index (κ3) is 2.03. The zero-order valence-electron chi connectivity index (χ0n) is 9.00. The lowest BCUT2D eigenvalue weighted by molar-refractivity contribution is 0.474. The summed E-state index contributed by atoms with van der Waals surface area (Å²) < 4.78 is 28.1. The quantitative estimate of drug-likeness (QED) is 0.816. The van der Waals surface area contributed by atoms with E-state index < -0.39 is 15.5 Å². The second kappa shape index (κ2) is 3.89. The Morgan fingerprint density at radius 3 is 2.65 bits per heavy atom. The Hall–Kier alpha value is -1.82. The van der Waals surface area contributed by atoms with E-state index in [9.17, 15) is 18.3 Å². The Balaban J connectivity index is 2.84. The average Bonchev–Trinajstić information content (AvgIpc) is 2.28. The number of rotatable bonds is 2. The molecule has 0 saturated carbocycles. The zero-order chi connectivity index (χ0) is 12.6. The van der Waals surface area contributed by atoms with Crippen molar-refractivity contribution in [2.24, 2.45) is 0 Å². The first-order valence-electron chi connectivity index (χ1n) is 4.93. The molecule has 0 fully saturated rings. The predicted octanol–water partition coefficient (Wildman–Crippen LogP) is 1.29. The van der Waals surface area contributed by atoms with Crippen LogP contribution in [0.5, 0.6) is 5.75 Å². The zero-order valence-corrected chi connectivity index (χ0v) is 9.82. The molecule has 1 aromatic heterocycles. The Labute approximate surface area is 97.2 Å². The molecule has 6 heteroatoms. The van der Waals surface area contributed by atoms with E-state index in [1.54, 1.807) is 0 Å². The summed E-state index contributed by atoms with van der Waals surface area (Å²) in [6, 6.07) is 5.33. The molecule has 0 amide bonds. The molecular formula is C11H10O5S. The maximum absolute atomic E-state index is 11.6. The van der Waals surface area contributed by atoms with Gasteiger partial charge in [-0.15, -0.1) is 0 Å². The highest BCUT2D eigenvalue weighted by atomic mass is 32.2. The topological polar surface area (TPSA) is 84.6 Å². The summed E-state index contributed by atoms with van der Waals surface area (Å²) >= 11 is 0. The van der Waals surface area contributed by atoms with E-state index in [0.29, 0.717) is 5.39 Å². The molecule has 1 aromatic carbocycles. The lowest BCUT2D eigenvalue weighted by Crippen LogP contribution is -2.15. The van der Waals surface area contributed by atoms with Crippen LogP contribution in [0.3, 0.4) is 0 Å². The predicted molar refractivity (Wildman–Crippen MR) is 61.9 cm³/mol. The van der Waals surface area contributed by atoms with Crippen molar-refractivity contribution in [1.82, 2.24) is 0 Å². The van der Waals surface area contributed by atoms with Gasteiger partial charge in [-0.2, -0.15) is 0 Å². The normalized spacial score (nSPS) is 11.8. The number of sulfone groups is 1. The van der Waals surface area contributed by atoms with E-state index >= 15 is 0 Å². The third-order valence-corrected chi connectivity index (χ3v) is 4.11. The van der Waals surface area contributed by atoms with Crippen LogP contribution >= 0.6 is 0 Å². The maximum atomic E-state index is 11.6. The van der Waals surface area contributed by atoms with E-state index in [2.05, 4.69) is 0 Å². The summed E-state index contributed by atoms with van der Waals surface area (Å²) in [5.41, 5.74) is -0.645. The van der Waals surface area contributed by atoms with Crippen LogP contribution in [0.25, 0.3) is 11.0 Å². The molecule has 0 bridgehead atoms. The molecule has 1 N–H and O–H groups in total. The van der Waals surface area contributed by atoms with Crippen LogP contribution in [0, 0.1) is 0 Å². The van der Waals surface area contributed by atoms with Gasteiger partial charge in [0.25, 0.3) is 0 Å². The highest BCUT2D eigenvalue weighted by Gasteiger charge is 2.18. The number of aromatic hydroxyl groups is 1. The minimum absolute atomic E-state index is 0.0220. The smallest absolute Gasteiger partial charge is 0.355 e. The fourth-order valence-corrected chi connectivity index (χ4v) is 2.38. The van der Waals surface area contributed by atoms with Crippen LogP contribution < -0.4 is 5.63 Å². The van der Waals surface area contributed by atoms with Crippen molar-refractivity contribution in [2.75, 3.05) is 5.75 Å². The second-order valence-electron chi connectivity index (χ2n) is 3.52. The van der Waals surface area contributed by atoms with E-state index in [0.717, 1.165) is 0 Å². The molecule has 0 spiro atoms. The first-order chi connectivity index (χ1) is 7.94. The van der Waals surface area contributed by atoms with Gasteiger partial charge in [-0.1, -0.05) is 6.92 Å². The number of benzene rings is 1. The van der Waals surface area contributed by atoms with Gasteiger partial charge < -0.3 is 9.52 Å². The molecule has 0 aliphatic heterocycles. The number of hydrogen-bond donors (Lipinski definition) is 1. The van der Waals surface area contributed by atoms with Crippen molar-refractivity contribution in [1.29, 1.82) is 0 Å². The van der Waals surface area contributed by atoms with E-state index in [-0.39, 0.29) is 22.0 Å². The van der Waals surface area contributed by atoms with Gasteiger partial charge in [-0.25, -0.2) is 13.2 Å². The van der Waals surface area contributed by atoms with Crippen LogP contribution in [0.15, 0.2) is 38.4 Å². The van der Waals surface area contributed by atoms with Crippen molar-refractivity contribution < 1.29 is 17.9 Å². The highest BCUT2D eigenvalue weighted by Crippen LogP contribution is 2.21. The number of fused-ring (bicyclic) bond motifs is 1. The van der Waals surface area contributed by atoms with Crippen molar-refractivity contribution in [3.05, 3.63) is 34.7 Å². The van der Waals surface area contributed by atoms with Crippen molar-refractivity contribution in [3.8, 4) is 5.75 Å².